The third kappa shape index (κ3) is 6.60. The molecule has 39 heavy (non-hydrogen) atoms. The van der Waals surface area contributed by atoms with E-state index in [0.29, 0.717) is 30.3 Å². The van der Waals surface area contributed by atoms with Crippen LogP contribution in [0.5, 0.6) is 11.5 Å². The average molecular weight is 535 g/mol. The average Bonchev–Trinajstić information content (AvgIpc) is 3.50. The quantitative estimate of drug-likeness (QED) is 0.150. The molecule has 0 amide bonds. The Bertz CT molecular complexity index is 1360. The Balaban J connectivity index is 1.38. The van der Waals surface area contributed by atoms with Crippen LogP contribution in [0.2, 0.25) is 0 Å². The highest BCUT2D eigenvalue weighted by Crippen LogP contribution is 2.34. The molecule has 0 atom stereocenters. The van der Waals surface area contributed by atoms with E-state index in [2.05, 4.69) is 0 Å². The van der Waals surface area contributed by atoms with Crippen molar-refractivity contribution in [2.45, 2.75) is 52.5 Å². The van der Waals surface area contributed by atoms with Crippen molar-refractivity contribution in [1.82, 2.24) is 9.72 Å². The highest BCUT2D eigenvalue weighted by molar-refractivity contribution is 5.90. The summed E-state index contributed by atoms with van der Waals surface area (Å²) in [5, 5.41) is 0. The SMILES string of the molecule is CCOC(=O)c1c(C)n(CCCCCCc2nc(-c3ccc(OC)cc3)c(-c3ccc(OC)cc3)o2)oc1=O. The number of esters is 1. The first-order valence-electron chi connectivity index (χ1n) is 13.1. The van der Waals surface area contributed by atoms with Crippen LogP contribution >= 0.6 is 0 Å². The summed E-state index contributed by atoms with van der Waals surface area (Å²) < 4.78 is 28.5. The molecule has 0 N–H and O–H groups in total. The van der Waals surface area contributed by atoms with Crippen LogP contribution in [0.25, 0.3) is 22.6 Å². The predicted molar refractivity (Wildman–Crippen MR) is 146 cm³/mol. The zero-order chi connectivity index (χ0) is 27.8. The number of hydrogen-bond acceptors (Lipinski definition) is 8. The van der Waals surface area contributed by atoms with E-state index >= 15 is 0 Å². The van der Waals surface area contributed by atoms with Crippen molar-refractivity contribution in [1.29, 1.82) is 0 Å². The lowest BCUT2D eigenvalue weighted by Crippen LogP contribution is -2.14. The molecule has 0 unspecified atom stereocenters. The van der Waals surface area contributed by atoms with E-state index in [-0.39, 0.29) is 12.2 Å². The van der Waals surface area contributed by atoms with Gasteiger partial charge >= 0.3 is 11.6 Å². The molecule has 0 aliphatic carbocycles. The molecule has 4 aromatic rings. The van der Waals surface area contributed by atoms with Gasteiger partial charge in [-0.25, -0.2) is 19.3 Å². The van der Waals surface area contributed by atoms with E-state index in [1.807, 2.05) is 48.5 Å². The monoisotopic (exact) mass is 534 g/mol. The van der Waals surface area contributed by atoms with Crippen molar-refractivity contribution in [2.75, 3.05) is 20.8 Å². The molecule has 0 bridgehead atoms. The Morgan fingerprint density at radius 3 is 2.13 bits per heavy atom. The third-order valence-electron chi connectivity index (χ3n) is 6.50. The van der Waals surface area contributed by atoms with Crippen LogP contribution in [0.3, 0.4) is 0 Å². The summed E-state index contributed by atoms with van der Waals surface area (Å²) in [7, 11) is 3.28. The van der Waals surface area contributed by atoms with Gasteiger partial charge in [0, 0.05) is 17.5 Å². The number of oxazole rings is 1. The van der Waals surface area contributed by atoms with Crippen LogP contribution in [-0.4, -0.2) is 36.5 Å². The summed E-state index contributed by atoms with van der Waals surface area (Å²) in [6, 6.07) is 15.5. The van der Waals surface area contributed by atoms with Crippen LogP contribution in [0.4, 0.5) is 0 Å². The zero-order valence-electron chi connectivity index (χ0n) is 22.8. The fourth-order valence-corrected chi connectivity index (χ4v) is 4.37. The first-order chi connectivity index (χ1) is 18.9. The summed E-state index contributed by atoms with van der Waals surface area (Å²) in [4.78, 5) is 28.9. The molecule has 0 spiro atoms. The van der Waals surface area contributed by atoms with Gasteiger partial charge in [0.15, 0.2) is 17.2 Å². The predicted octanol–water partition coefficient (Wildman–Crippen LogP) is 6.07. The second-order valence-corrected chi connectivity index (χ2v) is 9.07. The highest BCUT2D eigenvalue weighted by atomic mass is 16.5. The molecule has 2 aromatic carbocycles. The second kappa shape index (κ2) is 13.0. The lowest BCUT2D eigenvalue weighted by Gasteiger charge is -2.04. The van der Waals surface area contributed by atoms with Crippen LogP contribution in [0.1, 0.15) is 54.5 Å². The number of benzene rings is 2. The smallest absolute Gasteiger partial charge is 0.372 e. The minimum Gasteiger partial charge on any atom is -0.497 e. The molecule has 0 radical (unpaired) electrons. The largest absolute Gasteiger partial charge is 0.497 e. The minimum absolute atomic E-state index is 0.0268. The highest BCUT2D eigenvalue weighted by Gasteiger charge is 2.22. The van der Waals surface area contributed by atoms with Gasteiger partial charge in [-0.05, 0) is 75.2 Å². The third-order valence-corrected chi connectivity index (χ3v) is 6.50. The molecule has 4 rings (SSSR count). The minimum atomic E-state index is -0.657. The molecular formula is C30H34N2O7. The van der Waals surface area contributed by atoms with Gasteiger partial charge in [0.05, 0.1) is 33.1 Å². The molecule has 0 saturated heterocycles. The molecule has 0 aliphatic rings. The molecule has 0 aliphatic heterocycles. The number of unbranched alkanes of at least 4 members (excludes halogenated alkanes) is 3. The van der Waals surface area contributed by atoms with E-state index in [0.717, 1.165) is 54.0 Å². The Hall–Kier alpha value is -4.27. The maximum absolute atomic E-state index is 12.0. The second-order valence-electron chi connectivity index (χ2n) is 9.07. The van der Waals surface area contributed by atoms with Gasteiger partial charge in [0.2, 0.25) is 0 Å². The van der Waals surface area contributed by atoms with Gasteiger partial charge < -0.3 is 23.2 Å². The number of aryl methyl sites for hydroxylation is 2. The van der Waals surface area contributed by atoms with Gasteiger partial charge in [-0.3, -0.25) is 0 Å². The molecule has 2 aromatic heterocycles. The lowest BCUT2D eigenvalue weighted by atomic mass is 10.1. The molecular weight excluding hydrogens is 500 g/mol. The zero-order valence-corrected chi connectivity index (χ0v) is 22.8. The summed E-state index contributed by atoms with van der Waals surface area (Å²) in [5.41, 5.74) is 2.47. The van der Waals surface area contributed by atoms with Crippen molar-refractivity contribution in [2.24, 2.45) is 0 Å². The maximum atomic E-state index is 12.0. The number of aromatic nitrogens is 2. The van der Waals surface area contributed by atoms with Crippen LogP contribution in [0.15, 0.2) is 62.3 Å². The number of hydrogen-bond donors (Lipinski definition) is 0. The van der Waals surface area contributed by atoms with Crippen molar-refractivity contribution >= 4 is 5.97 Å². The lowest BCUT2D eigenvalue weighted by molar-refractivity contribution is 0.0523. The number of rotatable bonds is 13. The molecule has 0 fully saturated rings. The number of nitrogens with zero attached hydrogens (tertiary/aromatic N) is 2. The summed E-state index contributed by atoms with van der Waals surface area (Å²) >= 11 is 0. The Morgan fingerprint density at radius 1 is 0.897 bits per heavy atom. The van der Waals surface area contributed by atoms with Gasteiger partial charge in [0.1, 0.15) is 17.2 Å². The number of methoxy groups -OCH3 is 2. The van der Waals surface area contributed by atoms with Crippen LogP contribution < -0.4 is 15.1 Å². The standard InChI is InChI=1S/C30H34N2O7/c1-5-37-29(33)26-20(2)32(39-30(26)34)19-9-7-6-8-10-25-31-27(21-11-15-23(35-3)16-12-21)28(38-25)22-13-17-24(36-4)18-14-22/h11-18H,5-10,19H2,1-4H3. The first kappa shape index (κ1) is 27.8. The summed E-state index contributed by atoms with van der Waals surface area (Å²) in [5.74, 6) is 2.30. The Labute approximate surface area is 227 Å². The number of ether oxygens (including phenoxy) is 3. The first-order valence-corrected chi connectivity index (χ1v) is 13.1. The maximum Gasteiger partial charge on any atom is 0.372 e. The summed E-state index contributed by atoms with van der Waals surface area (Å²) in [6.07, 6.45) is 4.28. The van der Waals surface area contributed by atoms with Crippen molar-refractivity contribution in [3.8, 4) is 34.1 Å². The van der Waals surface area contributed by atoms with E-state index in [4.69, 9.17) is 28.1 Å². The Morgan fingerprint density at radius 2 is 1.51 bits per heavy atom. The fourth-order valence-electron chi connectivity index (χ4n) is 4.37. The van der Waals surface area contributed by atoms with Gasteiger partial charge in [0.25, 0.3) is 0 Å². The number of carbonyl (C=O) groups excluding carboxylic acids is 1. The van der Waals surface area contributed by atoms with Gasteiger partial charge in [-0.15, -0.1) is 0 Å². The van der Waals surface area contributed by atoms with E-state index in [1.54, 1.807) is 28.1 Å². The van der Waals surface area contributed by atoms with Crippen LogP contribution in [0, 0.1) is 6.92 Å². The normalized spacial score (nSPS) is 11.0. The van der Waals surface area contributed by atoms with Crippen LogP contribution in [-0.2, 0) is 17.7 Å². The topological polar surface area (TPSA) is 106 Å². The molecule has 2 heterocycles. The van der Waals surface area contributed by atoms with Gasteiger partial charge in [-0.1, -0.05) is 12.8 Å². The van der Waals surface area contributed by atoms with E-state index < -0.39 is 11.6 Å². The van der Waals surface area contributed by atoms with Crippen molar-refractivity contribution in [3.05, 3.63) is 76.1 Å². The van der Waals surface area contributed by atoms with Gasteiger partial charge in [-0.2, -0.15) is 0 Å². The molecule has 9 nitrogen and oxygen atoms in total. The molecule has 0 saturated carbocycles. The van der Waals surface area contributed by atoms with Crippen molar-refractivity contribution in [3.63, 3.8) is 0 Å². The molecule has 206 valence electrons. The molecule has 9 heteroatoms. The van der Waals surface area contributed by atoms with E-state index in [1.165, 1.54) is 4.74 Å². The number of carbonyl (C=O) groups is 1. The summed E-state index contributed by atoms with van der Waals surface area (Å²) in [6.45, 7) is 4.11. The van der Waals surface area contributed by atoms with E-state index in [9.17, 15) is 9.59 Å². The van der Waals surface area contributed by atoms with Crippen molar-refractivity contribution < 1.29 is 27.9 Å². The Kier molecular flexibility index (Phi) is 9.25. The fraction of sp³-hybridized carbons (Fsp3) is 0.367.